The third-order valence-electron chi connectivity index (χ3n) is 3.78. The summed E-state index contributed by atoms with van der Waals surface area (Å²) in [5, 5.41) is 11.8. The maximum atomic E-state index is 10.4. The molecule has 0 aromatic carbocycles. The van der Waals surface area contributed by atoms with Gasteiger partial charge in [0, 0.05) is 13.0 Å². The summed E-state index contributed by atoms with van der Waals surface area (Å²) >= 11 is 0. The van der Waals surface area contributed by atoms with Gasteiger partial charge in [-0.1, -0.05) is 51.7 Å². The molecule has 0 atom stereocenters. The number of carboxylic acids is 1. The second-order valence-corrected chi connectivity index (χ2v) is 5.85. The number of anilines is 1. The topological polar surface area (TPSA) is 75.1 Å². The number of carboxylic acid groups (broad SMARTS) is 1. The summed E-state index contributed by atoms with van der Waals surface area (Å²) in [4.78, 5) is 19.1. The number of unbranched alkanes of at least 4 members (excludes halogenated alkanes) is 7. The maximum absolute atomic E-state index is 10.4. The summed E-state index contributed by atoms with van der Waals surface area (Å²) in [6, 6.07) is 1.85. The second kappa shape index (κ2) is 12.3. The summed E-state index contributed by atoms with van der Waals surface area (Å²) in [6.45, 7) is 8.32. The van der Waals surface area contributed by atoms with Crippen molar-refractivity contribution in [3.63, 3.8) is 0 Å². The summed E-state index contributed by atoms with van der Waals surface area (Å²) in [7, 11) is 0. The van der Waals surface area contributed by atoms with Crippen molar-refractivity contribution < 1.29 is 9.90 Å². The Kier molecular flexibility index (Phi) is 10.2. The van der Waals surface area contributed by atoms with Gasteiger partial charge in [0.2, 0.25) is 5.95 Å². The molecule has 0 amide bonds. The largest absolute Gasteiger partial charge is 0.481 e. The zero-order chi connectivity index (χ0) is 17.6. The van der Waals surface area contributed by atoms with Gasteiger partial charge < -0.3 is 10.4 Å². The van der Waals surface area contributed by atoms with E-state index < -0.39 is 5.97 Å². The fourth-order valence-corrected chi connectivity index (χ4v) is 2.44. The lowest BCUT2D eigenvalue weighted by molar-refractivity contribution is -0.137. The van der Waals surface area contributed by atoms with Crippen LogP contribution in [-0.2, 0) is 4.79 Å². The third kappa shape index (κ3) is 9.08. The Hall–Kier alpha value is -2.17. The molecule has 0 spiro atoms. The number of nitrogens with one attached hydrogen (secondary N) is 1. The van der Waals surface area contributed by atoms with Gasteiger partial charge >= 0.3 is 5.97 Å². The van der Waals surface area contributed by atoms with Gasteiger partial charge in [0.05, 0.1) is 11.4 Å². The molecule has 0 saturated heterocycles. The zero-order valence-corrected chi connectivity index (χ0v) is 14.5. The molecule has 5 nitrogen and oxygen atoms in total. The molecule has 1 heterocycles. The minimum Gasteiger partial charge on any atom is -0.481 e. The molecular formula is C19H29N3O2. The van der Waals surface area contributed by atoms with Gasteiger partial charge in [-0.3, -0.25) is 4.79 Å². The molecule has 0 fully saturated rings. The Morgan fingerprint density at radius 2 is 1.46 bits per heavy atom. The minimum atomic E-state index is -0.690. The Bertz CT molecular complexity index is 503. The zero-order valence-electron chi connectivity index (χ0n) is 14.5. The molecule has 0 bridgehead atoms. The highest BCUT2D eigenvalue weighted by atomic mass is 16.4. The number of hydrogen-bond donors (Lipinski definition) is 2. The van der Waals surface area contributed by atoms with Crippen LogP contribution in [0.1, 0.15) is 69.2 Å². The molecule has 24 heavy (non-hydrogen) atoms. The van der Waals surface area contributed by atoms with Crippen molar-refractivity contribution in [2.45, 2.75) is 57.8 Å². The first-order valence-electron chi connectivity index (χ1n) is 8.75. The average molecular weight is 331 g/mol. The monoisotopic (exact) mass is 331 g/mol. The Morgan fingerprint density at radius 1 is 0.958 bits per heavy atom. The van der Waals surface area contributed by atoms with Gasteiger partial charge in [-0.15, -0.1) is 0 Å². The summed E-state index contributed by atoms with van der Waals surface area (Å²) in [5.41, 5.74) is 1.59. The lowest BCUT2D eigenvalue weighted by atomic mass is 10.1. The molecule has 5 heteroatoms. The molecule has 132 valence electrons. The van der Waals surface area contributed by atoms with Crippen LogP contribution in [-0.4, -0.2) is 27.6 Å². The summed E-state index contributed by atoms with van der Waals surface area (Å²) in [5.74, 6) is -0.0638. The van der Waals surface area contributed by atoms with E-state index in [4.69, 9.17) is 5.11 Å². The van der Waals surface area contributed by atoms with E-state index in [1.165, 1.54) is 25.7 Å². The molecule has 1 aromatic heterocycles. The fraction of sp³-hybridized carbons (Fsp3) is 0.526. The minimum absolute atomic E-state index is 0.300. The third-order valence-corrected chi connectivity index (χ3v) is 3.78. The molecular weight excluding hydrogens is 302 g/mol. The quantitative estimate of drug-likeness (QED) is 0.480. The van der Waals surface area contributed by atoms with Crippen molar-refractivity contribution in [1.29, 1.82) is 0 Å². The second-order valence-electron chi connectivity index (χ2n) is 5.85. The van der Waals surface area contributed by atoms with Crippen LogP contribution >= 0.6 is 0 Å². The van der Waals surface area contributed by atoms with Gasteiger partial charge in [-0.05, 0) is 31.1 Å². The van der Waals surface area contributed by atoms with Crippen molar-refractivity contribution in [1.82, 2.24) is 9.97 Å². The van der Waals surface area contributed by atoms with Crippen LogP contribution in [0.3, 0.4) is 0 Å². The molecule has 0 aliphatic rings. The first kappa shape index (κ1) is 19.9. The van der Waals surface area contributed by atoms with Crippen molar-refractivity contribution in [2.24, 2.45) is 0 Å². The number of nitrogens with zero attached hydrogens (tertiary/aromatic N) is 2. The number of rotatable bonds is 14. The molecule has 0 unspecified atom stereocenters. The number of aliphatic carboxylic acids is 1. The van der Waals surface area contributed by atoms with E-state index >= 15 is 0 Å². The van der Waals surface area contributed by atoms with E-state index in [-0.39, 0.29) is 0 Å². The van der Waals surface area contributed by atoms with Crippen molar-refractivity contribution >= 4 is 24.1 Å². The van der Waals surface area contributed by atoms with Gasteiger partial charge in [-0.2, -0.15) is 0 Å². The van der Waals surface area contributed by atoms with Crippen molar-refractivity contribution in [3.8, 4) is 0 Å². The highest BCUT2D eigenvalue weighted by Gasteiger charge is 2.00. The molecule has 2 N–H and O–H groups in total. The van der Waals surface area contributed by atoms with Crippen molar-refractivity contribution in [3.05, 3.63) is 30.6 Å². The van der Waals surface area contributed by atoms with Gasteiger partial charge in [0.1, 0.15) is 0 Å². The summed E-state index contributed by atoms with van der Waals surface area (Å²) in [6.07, 6.45) is 12.6. The van der Waals surface area contributed by atoms with Crippen LogP contribution in [0.25, 0.3) is 12.2 Å². The van der Waals surface area contributed by atoms with E-state index in [9.17, 15) is 4.79 Å². The highest BCUT2D eigenvalue weighted by molar-refractivity contribution is 5.66. The van der Waals surface area contributed by atoms with Gasteiger partial charge in [0.15, 0.2) is 0 Å². The lowest BCUT2D eigenvalue weighted by Gasteiger charge is -2.07. The smallest absolute Gasteiger partial charge is 0.303 e. The number of aromatic nitrogens is 2. The predicted octanol–water partition coefficient (Wildman–Crippen LogP) is 4.77. The normalized spacial score (nSPS) is 10.3. The predicted molar refractivity (Wildman–Crippen MR) is 99.9 cm³/mol. The molecule has 0 saturated carbocycles. The van der Waals surface area contributed by atoms with E-state index in [0.717, 1.165) is 43.6 Å². The first-order valence-corrected chi connectivity index (χ1v) is 8.75. The molecule has 0 radical (unpaired) electrons. The van der Waals surface area contributed by atoms with E-state index in [1.807, 2.05) is 6.07 Å². The van der Waals surface area contributed by atoms with Gasteiger partial charge in [-0.25, -0.2) is 9.97 Å². The maximum Gasteiger partial charge on any atom is 0.303 e. The Balaban J connectivity index is 2.05. The van der Waals surface area contributed by atoms with E-state index in [0.29, 0.717) is 12.4 Å². The molecule has 0 aliphatic carbocycles. The average Bonchev–Trinajstić information content (AvgIpc) is 2.59. The Morgan fingerprint density at radius 3 is 1.96 bits per heavy atom. The van der Waals surface area contributed by atoms with Gasteiger partial charge in [0.25, 0.3) is 0 Å². The number of carbonyl (C=O) groups is 1. The van der Waals surface area contributed by atoms with Crippen molar-refractivity contribution in [2.75, 3.05) is 11.9 Å². The number of hydrogen-bond acceptors (Lipinski definition) is 4. The highest BCUT2D eigenvalue weighted by Crippen LogP contribution is 2.11. The van der Waals surface area contributed by atoms with Crippen LogP contribution in [0.5, 0.6) is 0 Å². The van der Waals surface area contributed by atoms with Crippen LogP contribution in [0.15, 0.2) is 19.2 Å². The van der Waals surface area contributed by atoms with Crippen LogP contribution < -0.4 is 5.32 Å². The Labute approximate surface area is 144 Å². The van der Waals surface area contributed by atoms with Crippen LogP contribution in [0.2, 0.25) is 0 Å². The van der Waals surface area contributed by atoms with E-state index in [1.54, 1.807) is 12.2 Å². The van der Waals surface area contributed by atoms with Crippen LogP contribution in [0.4, 0.5) is 5.95 Å². The first-order chi connectivity index (χ1) is 11.7. The molecule has 0 aliphatic heterocycles. The van der Waals surface area contributed by atoms with E-state index in [2.05, 4.69) is 28.4 Å². The summed E-state index contributed by atoms with van der Waals surface area (Å²) < 4.78 is 0. The fourth-order valence-electron chi connectivity index (χ4n) is 2.44. The standard InChI is InChI=1S/C19H29N3O2/c1-3-16-15-17(4-2)22-19(21-16)20-14-12-10-8-6-5-7-9-11-13-18(23)24/h3-4,15H,1-2,5-14H2,(H,23,24)(H,20,21,22). The molecule has 1 rings (SSSR count). The molecule has 1 aromatic rings. The SMILES string of the molecule is C=Cc1cc(C=C)nc(NCCCCCCCCCCC(=O)O)n1. The lowest BCUT2D eigenvalue weighted by Crippen LogP contribution is -2.06. The van der Waals surface area contributed by atoms with Crippen LogP contribution in [0, 0.1) is 0 Å².